The number of carbonyl (C=O) groups is 2. The van der Waals surface area contributed by atoms with Gasteiger partial charge in [-0.15, -0.1) is 0 Å². The Morgan fingerprint density at radius 1 is 0.350 bits per heavy atom. The molecular weight excluding hydrogens is 741 g/mol. The predicted octanol–water partition coefficient (Wildman–Crippen LogP) is 18.2. The molecule has 1 unspecified atom stereocenters. The molecule has 0 radical (unpaired) electrons. The van der Waals surface area contributed by atoms with E-state index in [9.17, 15) is 9.59 Å². The summed E-state index contributed by atoms with van der Waals surface area (Å²) in [5.74, 6) is -0.388. The third kappa shape index (κ3) is 49.3. The van der Waals surface area contributed by atoms with Crippen LogP contribution in [-0.4, -0.2) is 37.9 Å². The van der Waals surface area contributed by atoms with Crippen molar-refractivity contribution >= 4 is 11.9 Å². The monoisotopic (exact) mass is 847 g/mol. The van der Waals surface area contributed by atoms with Crippen molar-refractivity contribution in [2.24, 2.45) is 0 Å². The highest BCUT2D eigenvalue weighted by Gasteiger charge is 2.17. The van der Waals surface area contributed by atoms with E-state index in [1.54, 1.807) is 0 Å². The second-order valence-corrected chi connectivity index (χ2v) is 18.5. The fraction of sp³-hybridized carbons (Fsp3) is 0.927. The molecule has 0 amide bonds. The van der Waals surface area contributed by atoms with E-state index >= 15 is 0 Å². The molecule has 0 bridgehead atoms. The number of hydrogen-bond donors (Lipinski definition) is 0. The Morgan fingerprint density at radius 2 is 0.650 bits per heavy atom. The second kappa shape index (κ2) is 52.0. The number of rotatable bonds is 51. The average molecular weight is 847 g/mol. The van der Waals surface area contributed by atoms with Crippen LogP contribution < -0.4 is 0 Å². The van der Waals surface area contributed by atoms with Gasteiger partial charge >= 0.3 is 11.9 Å². The molecule has 0 rings (SSSR count). The van der Waals surface area contributed by atoms with E-state index in [-0.39, 0.29) is 18.5 Å². The minimum absolute atomic E-state index is 0.0915. The van der Waals surface area contributed by atoms with Gasteiger partial charge in [-0.3, -0.25) is 9.59 Å². The Balaban J connectivity index is 4.02. The first kappa shape index (κ1) is 58.6. The molecule has 0 aliphatic heterocycles. The summed E-state index contributed by atoms with van der Waals surface area (Å²) in [6, 6.07) is 0. The zero-order chi connectivity index (χ0) is 43.5. The van der Waals surface area contributed by atoms with Crippen LogP contribution in [0.1, 0.15) is 303 Å². The molecule has 0 heterocycles. The molecule has 356 valence electrons. The van der Waals surface area contributed by atoms with Crippen LogP contribution in [0.2, 0.25) is 0 Å². The summed E-state index contributed by atoms with van der Waals surface area (Å²) in [4.78, 5) is 25.3. The third-order valence-corrected chi connectivity index (χ3v) is 12.3. The Morgan fingerprint density at radius 3 is 1.02 bits per heavy atom. The van der Waals surface area contributed by atoms with Crippen LogP contribution in [0.3, 0.4) is 0 Å². The summed E-state index contributed by atoms with van der Waals surface area (Å²) in [6.07, 6.45) is 59.6. The third-order valence-electron chi connectivity index (χ3n) is 12.3. The van der Waals surface area contributed by atoms with Gasteiger partial charge in [-0.2, -0.15) is 0 Å². The van der Waals surface area contributed by atoms with Crippen LogP contribution >= 0.6 is 0 Å². The summed E-state index contributed by atoms with van der Waals surface area (Å²) in [5.41, 5.74) is 0. The zero-order valence-electron chi connectivity index (χ0n) is 41.0. The number of esters is 2. The topological polar surface area (TPSA) is 61.8 Å². The summed E-state index contributed by atoms with van der Waals surface area (Å²) in [6.45, 7) is 7.85. The Kier molecular flexibility index (Phi) is 50.8. The SMILES string of the molecule is CCCCCCCC/C=C\CCCCCCCCCC(=O)OCC(COCCCCCCCCCCCCCCCCCCCCCC)OC(=O)CCCCCCCCC. The molecule has 0 aliphatic carbocycles. The number of unbranched alkanes of at least 4 members (excludes halogenated alkanes) is 38. The largest absolute Gasteiger partial charge is 0.462 e. The van der Waals surface area contributed by atoms with Crippen molar-refractivity contribution in [3.05, 3.63) is 12.2 Å². The van der Waals surface area contributed by atoms with Crippen molar-refractivity contribution in [1.29, 1.82) is 0 Å². The van der Waals surface area contributed by atoms with Crippen LogP contribution in [0.25, 0.3) is 0 Å². The minimum Gasteiger partial charge on any atom is -0.462 e. The van der Waals surface area contributed by atoms with Gasteiger partial charge in [0.1, 0.15) is 6.61 Å². The molecule has 0 saturated heterocycles. The fourth-order valence-electron chi connectivity index (χ4n) is 8.21. The Labute approximate surface area is 375 Å². The van der Waals surface area contributed by atoms with E-state index in [1.807, 2.05) is 0 Å². The lowest BCUT2D eigenvalue weighted by molar-refractivity contribution is -0.163. The number of allylic oxidation sites excluding steroid dienone is 2. The summed E-state index contributed by atoms with van der Waals surface area (Å²) in [7, 11) is 0. The van der Waals surface area contributed by atoms with Gasteiger partial charge < -0.3 is 14.2 Å². The van der Waals surface area contributed by atoms with E-state index in [2.05, 4.69) is 32.9 Å². The smallest absolute Gasteiger partial charge is 0.306 e. The molecule has 0 spiro atoms. The first-order valence-electron chi connectivity index (χ1n) is 27.2. The molecule has 0 N–H and O–H groups in total. The first-order valence-corrected chi connectivity index (χ1v) is 27.2. The van der Waals surface area contributed by atoms with Gasteiger partial charge in [0.05, 0.1) is 6.61 Å². The van der Waals surface area contributed by atoms with Gasteiger partial charge in [0, 0.05) is 19.4 Å². The maximum absolute atomic E-state index is 12.7. The van der Waals surface area contributed by atoms with Crippen molar-refractivity contribution in [3.8, 4) is 0 Å². The lowest BCUT2D eigenvalue weighted by Gasteiger charge is -2.18. The zero-order valence-corrected chi connectivity index (χ0v) is 41.0. The standard InChI is InChI=1S/C55H106O5/c1-4-7-10-13-16-18-20-22-24-26-27-28-30-32-34-36-38-41-44-47-50-58-51-53(60-55(57)49-46-43-39-15-12-9-6-3)52-59-54(56)48-45-42-40-37-35-33-31-29-25-23-21-19-17-14-11-8-5-2/h23,25,53H,4-22,24,26-52H2,1-3H3/b25-23-. The number of hydrogen-bond acceptors (Lipinski definition) is 5. The Hall–Kier alpha value is -1.36. The fourth-order valence-corrected chi connectivity index (χ4v) is 8.21. The van der Waals surface area contributed by atoms with Crippen molar-refractivity contribution < 1.29 is 23.8 Å². The maximum atomic E-state index is 12.7. The normalized spacial score (nSPS) is 12.1. The highest BCUT2D eigenvalue weighted by atomic mass is 16.6. The molecule has 60 heavy (non-hydrogen) atoms. The van der Waals surface area contributed by atoms with Crippen molar-refractivity contribution in [2.75, 3.05) is 19.8 Å². The van der Waals surface area contributed by atoms with E-state index < -0.39 is 6.10 Å². The van der Waals surface area contributed by atoms with Crippen molar-refractivity contribution in [1.82, 2.24) is 0 Å². The van der Waals surface area contributed by atoms with Crippen molar-refractivity contribution in [3.63, 3.8) is 0 Å². The van der Waals surface area contributed by atoms with Crippen LogP contribution in [0.5, 0.6) is 0 Å². The van der Waals surface area contributed by atoms with Gasteiger partial charge in [0.2, 0.25) is 0 Å². The van der Waals surface area contributed by atoms with Gasteiger partial charge in [0.25, 0.3) is 0 Å². The van der Waals surface area contributed by atoms with E-state index in [0.29, 0.717) is 26.1 Å². The van der Waals surface area contributed by atoms with Crippen LogP contribution in [0, 0.1) is 0 Å². The molecule has 0 aromatic carbocycles. The predicted molar refractivity (Wildman–Crippen MR) is 261 cm³/mol. The molecule has 0 aromatic heterocycles. The van der Waals surface area contributed by atoms with E-state index in [0.717, 1.165) is 32.1 Å². The van der Waals surface area contributed by atoms with E-state index in [1.165, 1.54) is 238 Å². The van der Waals surface area contributed by atoms with Crippen LogP contribution in [0.4, 0.5) is 0 Å². The molecule has 1 atom stereocenters. The van der Waals surface area contributed by atoms with Gasteiger partial charge in [-0.1, -0.05) is 258 Å². The maximum Gasteiger partial charge on any atom is 0.306 e. The first-order chi connectivity index (χ1) is 29.6. The highest BCUT2D eigenvalue weighted by molar-refractivity contribution is 5.70. The average Bonchev–Trinajstić information content (AvgIpc) is 3.25. The Bertz CT molecular complexity index is 871. The second-order valence-electron chi connectivity index (χ2n) is 18.5. The lowest BCUT2D eigenvalue weighted by Crippen LogP contribution is -2.30. The quantitative estimate of drug-likeness (QED) is 0.0347. The van der Waals surface area contributed by atoms with Crippen LogP contribution in [0.15, 0.2) is 12.2 Å². The summed E-state index contributed by atoms with van der Waals surface area (Å²) >= 11 is 0. The van der Waals surface area contributed by atoms with Gasteiger partial charge in [0.15, 0.2) is 6.10 Å². The van der Waals surface area contributed by atoms with Gasteiger partial charge in [-0.25, -0.2) is 0 Å². The number of carbonyl (C=O) groups excluding carboxylic acids is 2. The summed E-state index contributed by atoms with van der Waals surface area (Å²) in [5, 5.41) is 0. The molecule has 0 aliphatic rings. The van der Waals surface area contributed by atoms with E-state index in [4.69, 9.17) is 14.2 Å². The van der Waals surface area contributed by atoms with Crippen molar-refractivity contribution in [2.45, 2.75) is 309 Å². The molecule has 0 saturated carbocycles. The molecule has 0 aromatic rings. The van der Waals surface area contributed by atoms with Gasteiger partial charge in [-0.05, 0) is 44.9 Å². The summed E-state index contributed by atoms with van der Waals surface area (Å²) < 4.78 is 17.4. The van der Waals surface area contributed by atoms with Crippen LogP contribution in [-0.2, 0) is 23.8 Å². The molecule has 5 nitrogen and oxygen atoms in total. The number of ether oxygens (including phenoxy) is 3. The molecular formula is C55H106O5. The minimum atomic E-state index is -0.526. The highest BCUT2D eigenvalue weighted by Crippen LogP contribution is 2.16. The molecule has 0 fully saturated rings. The lowest BCUT2D eigenvalue weighted by atomic mass is 10.0. The molecule has 5 heteroatoms.